The fourth-order valence-electron chi connectivity index (χ4n) is 7.72. The Morgan fingerprint density at radius 1 is 0.412 bits per heavy atom. The van der Waals surface area contributed by atoms with E-state index in [2.05, 4.69) is 120 Å². The predicted molar refractivity (Wildman–Crippen MR) is 207 cm³/mol. The molecule has 0 atom stereocenters. The topological polar surface area (TPSA) is 57.0 Å². The van der Waals surface area contributed by atoms with Gasteiger partial charge in [0.05, 0.1) is 27.8 Å². The van der Waals surface area contributed by atoms with Crippen LogP contribution in [0.25, 0.3) is 105 Å². The third-order valence-corrected chi connectivity index (χ3v) is 10.0. The molecule has 4 aromatic heterocycles. The highest BCUT2D eigenvalue weighted by molar-refractivity contribution is 6.23. The number of hydrogen-bond acceptors (Lipinski definition) is 4. The van der Waals surface area contributed by atoms with Gasteiger partial charge in [0, 0.05) is 49.3 Å². The maximum Gasteiger partial charge on any atom is 0.160 e. The van der Waals surface area contributed by atoms with Crippen LogP contribution in [0.2, 0.25) is 0 Å². The standard InChI is InChI=1S/C46H27N3O2/c1-2-12-28(13-3-1)37-27-38(35-20-11-19-33-31-16-5-8-22-41(31)50-44(33)35)48-46(47-37)29-14-10-15-30(26-29)49-39-21-7-4-18-36(39)43-40(49)25-24-34-32-17-6-9-23-42(32)51-45(34)43/h1-27H. The van der Waals surface area contributed by atoms with Crippen molar-refractivity contribution in [1.29, 1.82) is 0 Å². The van der Waals surface area contributed by atoms with E-state index in [9.17, 15) is 0 Å². The third kappa shape index (κ3) is 4.22. The van der Waals surface area contributed by atoms with E-state index in [1.165, 1.54) is 0 Å². The van der Waals surface area contributed by atoms with Crippen molar-refractivity contribution < 1.29 is 8.83 Å². The number of aromatic nitrogens is 3. The van der Waals surface area contributed by atoms with E-state index >= 15 is 0 Å². The van der Waals surface area contributed by atoms with Crippen molar-refractivity contribution in [1.82, 2.24) is 14.5 Å². The smallest absolute Gasteiger partial charge is 0.160 e. The van der Waals surface area contributed by atoms with Gasteiger partial charge in [-0.05, 0) is 54.6 Å². The number of para-hydroxylation sites is 4. The summed E-state index contributed by atoms with van der Waals surface area (Å²) in [4.78, 5) is 10.4. The first-order chi connectivity index (χ1) is 25.3. The predicted octanol–water partition coefficient (Wildman–Crippen LogP) is 12.4. The lowest BCUT2D eigenvalue weighted by atomic mass is 10.0. The first kappa shape index (κ1) is 27.9. The minimum Gasteiger partial charge on any atom is -0.455 e. The molecule has 0 fully saturated rings. The average molecular weight is 654 g/mol. The van der Waals surface area contributed by atoms with Crippen molar-refractivity contribution in [2.75, 3.05) is 0 Å². The van der Waals surface area contributed by atoms with Crippen molar-refractivity contribution in [3.8, 4) is 39.6 Å². The summed E-state index contributed by atoms with van der Waals surface area (Å²) in [7, 11) is 0. The highest BCUT2D eigenvalue weighted by Gasteiger charge is 2.20. The molecule has 5 heteroatoms. The quantitative estimate of drug-likeness (QED) is 0.190. The monoisotopic (exact) mass is 653 g/mol. The molecule has 4 heterocycles. The van der Waals surface area contributed by atoms with E-state index in [1.807, 2.05) is 48.5 Å². The summed E-state index contributed by atoms with van der Waals surface area (Å²) in [6.07, 6.45) is 0. The lowest BCUT2D eigenvalue weighted by Crippen LogP contribution is -1.98. The van der Waals surface area contributed by atoms with Gasteiger partial charge in [0.15, 0.2) is 5.82 Å². The van der Waals surface area contributed by atoms with Gasteiger partial charge in [-0.3, -0.25) is 0 Å². The Morgan fingerprint density at radius 3 is 1.86 bits per heavy atom. The number of fused-ring (bicyclic) bond motifs is 10. The van der Waals surface area contributed by atoms with Gasteiger partial charge in [0.25, 0.3) is 0 Å². The number of rotatable bonds is 4. The van der Waals surface area contributed by atoms with Gasteiger partial charge in [-0.25, -0.2) is 9.97 Å². The molecule has 0 amide bonds. The van der Waals surface area contributed by atoms with Crippen molar-refractivity contribution in [3.05, 3.63) is 164 Å². The maximum atomic E-state index is 6.54. The zero-order valence-electron chi connectivity index (χ0n) is 27.2. The minimum atomic E-state index is 0.641. The molecule has 0 N–H and O–H groups in total. The second-order valence-electron chi connectivity index (χ2n) is 12.9. The summed E-state index contributed by atoms with van der Waals surface area (Å²) in [5.41, 5.74) is 11.2. The van der Waals surface area contributed by atoms with E-state index in [0.29, 0.717) is 5.82 Å². The summed E-state index contributed by atoms with van der Waals surface area (Å²) in [5, 5.41) is 6.65. The van der Waals surface area contributed by atoms with Crippen molar-refractivity contribution in [2.45, 2.75) is 0 Å². The Hall–Kier alpha value is -6.98. The molecule has 51 heavy (non-hydrogen) atoms. The van der Waals surface area contributed by atoms with Gasteiger partial charge in [-0.2, -0.15) is 0 Å². The molecule has 0 unspecified atom stereocenters. The molecule has 11 rings (SSSR count). The zero-order chi connectivity index (χ0) is 33.5. The molecule has 0 bridgehead atoms. The lowest BCUT2D eigenvalue weighted by Gasteiger charge is -2.12. The van der Waals surface area contributed by atoms with E-state index in [4.69, 9.17) is 18.8 Å². The molecule has 238 valence electrons. The third-order valence-electron chi connectivity index (χ3n) is 10.0. The fourth-order valence-corrected chi connectivity index (χ4v) is 7.72. The van der Waals surface area contributed by atoms with Crippen molar-refractivity contribution >= 4 is 65.7 Å². The molecular formula is C46H27N3O2. The molecule has 0 radical (unpaired) electrons. The van der Waals surface area contributed by atoms with Gasteiger partial charge < -0.3 is 13.4 Å². The molecule has 7 aromatic carbocycles. The van der Waals surface area contributed by atoms with Crippen LogP contribution in [0.3, 0.4) is 0 Å². The largest absolute Gasteiger partial charge is 0.455 e. The fraction of sp³-hybridized carbons (Fsp3) is 0. The molecule has 5 nitrogen and oxygen atoms in total. The zero-order valence-corrected chi connectivity index (χ0v) is 27.2. The van der Waals surface area contributed by atoms with Gasteiger partial charge in [-0.15, -0.1) is 0 Å². The highest BCUT2D eigenvalue weighted by Crippen LogP contribution is 2.41. The number of benzene rings is 7. The first-order valence-corrected chi connectivity index (χ1v) is 17.1. The molecule has 11 aromatic rings. The van der Waals surface area contributed by atoms with Crippen molar-refractivity contribution in [3.63, 3.8) is 0 Å². The Bertz CT molecular complexity index is 3150. The Morgan fingerprint density at radius 2 is 1.04 bits per heavy atom. The SMILES string of the molecule is c1ccc(-c2cc(-c3cccc4c3oc3ccccc34)nc(-c3cccc(-n4c5ccccc5c5c6oc7ccccc7c6ccc54)c3)n2)cc1. The second kappa shape index (κ2) is 10.8. The average Bonchev–Trinajstić information content (AvgIpc) is 3.88. The molecule has 0 saturated heterocycles. The van der Waals surface area contributed by atoms with Gasteiger partial charge in [0.2, 0.25) is 0 Å². The van der Waals surface area contributed by atoms with Crippen LogP contribution in [0.1, 0.15) is 0 Å². The number of hydrogen-bond donors (Lipinski definition) is 0. The minimum absolute atomic E-state index is 0.641. The van der Waals surface area contributed by atoms with E-state index in [-0.39, 0.29) is 0 Å². The number of furan rings is 2. The molecule has 0 aliphatic carbocycles. The Balaban J connectivity index is 1.14. The molecular weight excluding hydrogens is 627 g/mol. The van der Waals surface area contributed by atoms with Crippen LogP contribution in [0.5, 0.6) is 0 Å². The van der Waals surface area contributed by atoms with E-state index in [1.54, 1.807) is 0 Å². The summed E-state index contributed by atoms with van der Waals surface area (Å²) in [5.74, 6) is 0.641. The van der Waals surface area contributed by atoms with Crippen LogP contribution in [0.15, 0.2) is 173 Å². The van der Waals surface area contributed by atoms with Gasteiger partial charge in [0.1, 0.15) is 22.3 Å². The lowest BCUT2D eigenvalue weighted by molar-refractivity contribution is 0.670. The van der Waals surface area contributed by atoms with E-state index < -0.39 is 0 Å². The summed E-state index contributed by atoms with van der Waals surface area (Å²) < 4.78 is 15.3. The normalized spacial score (nSPS) is 11.9. The van der Waals surface area contributed by atoms with Crippen LogP contribution in [0, 0.1) is 0 Å². The van der Waals surface area contributed by atoms with Crippen LogP contribution in [-0.4, -0.2) is 14.5 Å². The Kier molecular flexibility index (Phi) is 5.89. The van der Waals surface area contributed by atoms with E-state index in [0.717, 1.165) is 99.4 Å². The number of nitrogens with zero attached hydrogens (tertiary/aromatic N) is 3. The molecule has 0 spiro atoms. The first-order valence-electron chi connectivity index (χ1n) is 17.1. The van der Waals surface area contributed by atoms with Crippen LogP contribution >= 0.6 is 0 Å². The Labute approximate surface area is 291 Å². The van der Waals surface area contributed by atoms with Crippen LogP contribution < -0.4 is 0 Å². The molecule has 0 aliphatic rings. The summed E-state index contributed by atoms with van der Waals surface area (Å²) in [6.45, 7) is 0. The second-order valence-corrected chi connectivity index (χ2v) is 12.9. The molecule has 0 aliphatic heterocycles. The van der Waals surface area contributed by atoms with Crippen molar-refractivity contribution in [2.24, 2.45) is 0 Å². The van der Waals surface area contributed by atoms with Crippen LogP contribution in [0.4, 0.5) is 0 Å². The summed E-state index contributed by atoms with van der Waals surface area (Å²) >= 11 is 0. The highest BCUT2D eigenvalue weighted by atomic mass is 16.3. The van der Waals surface area contributed by atoms with Gasteiger partial charge >= 0.3 is 0 Å². The van der Waals surface area contributed by atoms with Crippen LogP contribution in [-0.2, 0) is 0 Å². The summed E-state index contributed by atoms with van der Waals surface area (Å²) in [6, 6.07) is 56.5. The van der Waals surface area contributed by atoms with Gasteiger partial charge in [-0.1, -0.05) is 109 Å². The molecule has 0 saturated carbocycles. The maximum absolute atomic E-state index is 6.54.